The van der Waals surface area contributed by atoms with E-state index in [4.69, 9.17) is 0 Å². The van der Waals surface area contributed by atoms with Gasteiger partial charge in [-0.15, -0.1) is 0 Å². The zero-order valence-corrected chi connectivity index (χ0v) is 9.32. The summed E-state index contributed by atoms with van der Waals surface area (Å²) < 4.78 is 0. The number of fused-ring (bicyclic) bond motifs is 1. The molecule has 0 spiro atoms. The first-order chi connectivity index (χ1) is 7.83. The van der Waals surface area contributed by atoms with Crippen LogP contribution in [0.2, 0.25) is 0 Å². The maximum Gasteiger partial charge on any atom is 0.160 e. The van der Waals surface area contributed by atoms with Gasteiger partial charge in [0.25, 0.3) is 0 Å². The first kappa shape index (κ1) is 9.57. The number of anilines is 1. The molecule has 2 aromatic heterocycles. The highest BCUT2D eigenvalue weighted by Crippen LogP contribution is 2.48. The summed E-state index contributed by atoms with van der Waals surface area (Å²) in [4.78, 5) is 8.37. The normalized spacial score (nSPS) is 17.6. The van der Waals surface area contributed by atoms with Gasteiger partial charge in [0.1, 0.15) is 12.1 Å². The van der Waals surface area contributed by atoms with Crippen molar-refractivity contribution < 1.29 is 0 Å². The molecule has 2 heterocycles. The lowest BCUT2D eigenvalue weighted by Crippen LogP contribution is -2.15. The number of aromatic amines is 1. The third kappa shape index (κ3) is 1.52. The molecule has 1 fully saturated rings. The Kier molecular flexibility index (Phi) is 2.05. The second kappa shape index (κ2) is 3.43. The molecule has 0 radical (unpaired) electrons. The van der Waals surface area contributed by atoms with Gasteiger partial charge in [0.05, 0.1) is 11.6 Å². The van der Waals surface area contributed by atoms with Gasteiger partial charge in [0, 0.05) is 6.54 Å². The van der Waals surface area contributed by atoms with Crippen molar-refractivity contribution in [2.24, 2.45) is 5.41 Å². The Bertz CT molecular complexity index is 500. The van der Waals surface area contributed by atoms with E-state index in [1.807, 2.05) is 0 Å². The molecule has 0 atom stereocenters. The van der Waals surface area contributed by atoms with Crippen LogP contribution in [-0.2, 0) is 0 Å². The molecule has 1 aliphatic rings. The van der Waals surface area contributed by atoms with Crippen molar-refractivity contribution in [3.63, 3.8) is 0 Å². The molecule has 1 aliphatic carbocycles. The summed E-state index contributed by atoms with van der Waals surface area (Å²) in [6.07, 6.45) is 7.23. The Balaban J connectivity index is 1.81. The Morgan fingerprint density at radius 3 is 3.06 bits per heavy atom. The molecule has 0 unspecified atom stereocenters. The lowest BCUT2D eigenvalue weighted by Gasteiger charge is -2.13. The van der Waals surface area contributed by atoms with E-state index in [9.17, 15) is 0 Å². The van der Waals surface area contributed by atoms with Crippen LogP contribution < -0.4 is 5.32 Å². The molecule has 5 nitrogen and oxygen atoms in total. The lowest BCUT2D eigenvalue weighted by atomic mass is 10.0. The highest BCUT2D eigenvalue weighted by atomic mass is 15.2. The summed E-state index contributed by atoms with van der Waals surface area (Å²) in [6.45, 7) is 3.25. The van der Waals surface area contributed by atoms with Crippen molar-refractivity contribution in [2.75, 3.05) is 11.9 Å². The van der Waals surface area contributed by atoms with Gasteiger partial charge in [-0.1, -0.05) is 6.92 Å². The topological polar surface area (TPSA) is 66.5 Å². The van der Waals surface area contributed by atoms with Crippen molar-refractivity contribution >= 4 is 16.9 Å². The van der Waals surface area contributed by atoms with Crippen molar-refractivity contribution in [1.29, 1.82) is 0 Å². The maximum absolute atomic E-state index is 4.26. The number of hydrogen-bond acceptors (Lipinski definition) is 4. The van der Waals surface area contributed by atoms with Gasteiger partial charge in [0.15, 0.2) is 5.65 Å². The van der Waals surface area contributed by atoms with E-state index < -0.39 is 0 Å². The van der Waals surface area contributed by atoms with Crippen molar-refractivity contribution in [2.45, 2.75) is 26.2 Å². The van der Waals surface area contributed by atoms with Crippen molar-refractivity contribution in [3.05, 3.63) is 12.5 Å². The number of H-pyrrole nitrogens is 1. The zero-order valence-electron chi connectivity index (χ0n) is 9.32. The van der Waals surface area contributed by atoms with Crippen LogP contribution in [0.5, 0.6) is 0 Å². The molecule has 84 valence electrons. The van der Waals surface area contributed by atoms with Crippen LogP contribution in [0, 0.1) is 5.41 Å². The molecule has 3 rings (SSSR count). The summed E-state index contributed by atoms with van der Waals surface area (Å²) >= 11 is 0. The highest BCUT2D eigenvalue weighted by Gasteiger charge is 2.40. The summed E-state index contributed by atoms with van der Waals surface area (Å²) in [5.74, 6) is 0.887. The van der Waals surface area contributed by atoms with Crippen molar-refractivity contribution in [3.8, 4) is 0 Å². The van der Waals surface area contributed by atoms with Gasteiger partial charge >= 0.3 is 0 Å². The molecule has 0 amide bonds. The fourth-order valence-electron chi connectivity index (χ4n) is 2.01. The van der Waals surface area contributed by atoms with Gasteiger partial charge in [-0.3, -0.25) is 5.10 Å². The molecule has 2 N–H and O–H groups in total. The Hall–Kier alpha value is -1.65. The molecule has 0 aromatic carbocycles. The van der Waals surface area contributed by atoms with Crippen molar-refractivity contribution in [1.82, 2.24) is 20.2 Å². The maximum atomic E-state index is 4.26. The Morgan fingerprint density at radius 2 is 2.31 bits per heavy atom. The molecule has 5 heteroatoms. The van der Waals surface area contributed by atoms with Crippen LogP contribution in [0.25, 0.3) is 11.0 Å². The molecule has 0 bridgehead atoms. The van der Waals surface area contributed by atoms with Gasteiger partial charge in [-0.25, -0.2) is 9.97 Å². The van der Waals surface area contributed by atoms with Gasteiger partial charge < -0.3 is 5.32 Å². The fraction of sp³-hybridized carbons (Fsp3) is 0.545. The van der Waals surface area contributed by atoms with E-state index in [2.05, 4.69) is 32.4 Å². The quantitative estimate of drug-likeness (QED) is 0.821. The molecule has 1 saturated carbocycles. The largest absolute Gasteiger partial charge is 0.369 e. The average molecular weight is 217 g/mol. The summed E-state index contributed by atoms with van der Waals surface area (Å²) in [5, 5.41) is 11.2. The van der Waals surface area contributed by atoms with Crippen LogP contribution in [0.4, 0.5) is 5.82 Å². The van der Waals surface area contributed by atoms with Gasteiger partial charge in [-0.05, 0) is 24.7 Å². The molecule has 0 aliphatic heterocycles. The molecular formula is C11H15N5. The van der Waals surface area contributed by atoms with E-state index >= 15 is 0 Å². The van der Waals surface area contributed by atoms with E-state index in [-0.39, 0.29) is 0 Å². The summed E-state index contributed by atoms with van der Waals surface area (Å²) in [7, 11) is 0. The van der Waals surface area contributed by atoms with Crippen LogP contribution in [0.1, 0.15) is 26.2 Å². The minimum absolute atomic E-state index is 0.515. The SMILES string of the molecule is CCC1(CNc2ncnc3[nH]ncc23)CC1. The van der Waals surface area contributed by atoms with E-state index in [0.717, 1.165) is 23.4 Å². The average Bonchev–Trinajstić information content (AvgIpc) is 2.94. The van der Waals surface area contributed by atoms with E-state index in [1.165, 1.54) is 19.3 Å². The van der Waals surface area contributed by atoms with Crippen LogP contribution >= 0.6 is 0 Å². The van der Waals surface area contributed by atoms with Gasteiger partial charge in [-0.2, -0.15) is 5.10 Å². The monoisotopic (exact) mass is 217 g/mol. The first-order valence-electron chi connectivity index (χ1n) is 5.71. The second-order valence-corrected chi connectivity index (χ2v) is 4.56. The number of rotatable bonds is 4. The molecule has 0 saturated heterocycles. The zero-order chi connectivity index (χ0) is 11.0. The third-order valence-electron chi connectivity index (χ3n) is 3.59. The predicted octanol–water partition coefficient (Wildman–Crippen LogP) is 1.95. The fourth-order valence-corrected chi connectivity index (χ4v) is 2.01. The Labute approximate surface area is 93.7 Å². The van der Waals surface area contributed by atoms with E-state index in [1.54, 1.807) is 12.5 Å². The highest BCUT2D eigenvalue weighted by molar-refractivity contribution is 5.85. The predicted molar refractivity (Wildman–Crippen MR) is 62.1 cm³/mol. The lowest BCUT2D eigenvalue weighted by molar-refractivity contribution is 0.521. The first-order valence-corrected chi connectivity index (χ1v) is 5.71. The minimum Gasteiger partial charge on any atom is -0.369 e. The second-order valence-electron chi connectivity index (χ2n) is 4.56. The van der Waals surface area contributed by atoms with E-state index in [0.29, 0.717) is 5.41 Å². The minimum atomic E-state index is 0.515. The summed E-state index contributed by atoms with van der Waals surface area (Å²) in [6, 6.07) is 0. The number of nitrogens with zero attached hydrogens (tertiary/aromatic N) is 3. The molecular weight excluding hydrogens is 202 g/mol. The number of hydrogen-bond donors (Lipinski definition) is 2. The smallest absolute Gasteiger partial charge is 0.160 e. The molecule has 2 aromatic rings. The van der Waals surface area contributed by atoms with Crippen LogP contribution in [-0.4, -0.2) is 26.7 Å². The van der Waals surface area contributed by atoms with Crippen LogP contribution in [0.15, 0.2) is 12.5 Å². The number of aromatic nitrogens is 4. The van der Waals surface area contributed by atoms with Gasteiger partial charge in [0.2, 0.25) is 0 Å². The molecule has 16 heavy (non-hydrogen) atoms. The van der Waals surface area contributed by atoms with Crippen LogP contribution in [0.3, 0.4) is 0 Å². The third-order valence-corrected chi connectivity index (χ3v) is 3.59. The Morgan fingerprint density at radius 1 is 1.44 bits per heavy atom. The standard InChI is InChI=1S/C11H15N5/c1-2-11(3-4-11)6-12-9-8-5-15-16-10(8)14-7-13-9/h5,7H,2-4,6H2,1H3,(H2,12,13,14,15,16). The summed E-state index contributed by atoms with van der Waals surface area (Å²) in [5.41, 5.74) is 1.31. The number of nitrogens with one attached hydrogen (secondary N) is 2.